The van der Waals surface area contributed by atoms with Gasteiger partial charge < -0.3 is 15.0 Å². The molecule has 2 unspecified atom stereocenters. The number of nitrogens with zero attached hydrogens (tertiary/aromatic N) is 2. The molecule has 0 saturated carbocycles. The highest BCUT2D eigenvalue weighted by molar-refractivity contribution is 7.14. The van der Waals surface area contributed by atoms with Gasteiger partial charge in [-0.1, -0.05) is 6.07 Å². The molecule has 0 spiro atoms. The molecule has 3 aromatic rings. The number of carbonyl (C=O) groups is 1. The third kappa shape index (κ3) is 4.66. The molecule has 1 saturated heterocycles. The number of morpholine rings is 1. The smallest absolute Gasteiger partial charge is 0.271 e. The summed E-state index contributed by atoms with van der Waals surface area (Å²) in [5, 5.41) is 9.36. The fraction of sp³-hybridized carbons (Fsp3) is 0.333. The highest BCUT2D eigenvalue weighted by Crippen LogP contribution is 2.26. The van der Waals surface area contributed by atoms with Crippen LogP contribution >= 0.6 is 22.7 Å². The molecule has 0 bridgehead atoms. The van der Waals surface area contributed by atoms with Gasteiger partial charge in [0, 0.05) is 36.0 Å². The van der Waals surface area contributed by atoms with Crippen molar-refractivity contribution in [3.63, 3.8) is 0 Å². The predicted molar refractivity (Wildman–Crippen MR) is 115 cm³/mol. The topological polar surface area (TPSA) is 54.5 Å². The number of anilines is 1. The Kier molecular flexibility index (Phi) is 5.94. The van der Waals surface area contributed by atoms with E-state index >= 15 is 0 Å². The lowest BCUT2D eigenvalue weighted by molar-refractivity contribution is -0.00539. The van der Waals surface area contributed by atoms with Gasteiger partial charge >= 0.3 is 0 Å². The number of aromatic nitrogens is 1. The maximum Gasteiger partial charge on any atom is 0.271 e. The quantitative estimate of drug-likeness (QED) is 0.644. The molecule has 2 aromatic heterocycles. The van der Waals surface area contributed by atoms with Crippen molar-refractivity contribution in [1.82, 2.24) is 10.3 Å². The first-order valence-corrected chi connectivity index (χ1v) is 11.3. The largest absolute Gasteiger partial charge is 0.372 e. The Labute approximate surface area is 177 Å². The number of rotatable bonds is 5. The molecular formula is C21H22FN3O2S2. The van der Waals surface area contributed by atoms with Crippen LogP contribution in [0.4, 0.5) is 10.1 Å². The molecule has 2 atom stereocenters. The Balaban J connectivity index is 1.39. The zero-order valence-corrected chi connectivity index (χ0v) is 17.9. The van der Waals surface area contributed by atoms with Crippen LogP contribution in [0.3, 0.4) is 0 Å². The van der Waals surface area contributed by atoms with E-state index in [-0.39, 0.29) is 30.5 Å². The standard InChI is InChI=1S/C21H22FN3O2S2/c1-13-9-25(10-14(2)27-13)19-4-3-15(7-17(19)22)8-23-20(26)18-12-29-21(24-18)16-5-6-28-11-16/h3-7,11-14H,8-10H2,1-2H3,(H,23,26). The molecule has 152 valence electrons. The van der Waals surface area contributed by atoms with Crippen LogP contribution in [0.5, 0.6) is 0 Å². The van der Waals surface area contributed by atoms with Gasteiger partial charge in [-0.05, 0) is 43.0 Å². The number of thiophene rings is 1. The van der Waals surface area contributed by atoms with Crippen molar-refractivity contribution in [2.24, 2.45) is 0 Å². The molecular weight excluding hydrogens is 409 g/mol. The second-order valence-electron chi connectivity index (χ2n) is 7.18. The second-order valence-corrected chi connectivity index (χ2v) is 8.82. The molecule has 29 heavy (non-hydrogen) atoms. The van der Waals surface area contributed by atoms with Gasteiger partial charge in [0.15, 0.2) is 0 Å². The van der Waals surface area contributed by atoms with Crippen molar-refractivity contribution in [3.05, 3.63) is 57.5 Å². The first kappa shape index (κ1) is 20.0. The minimum atomic E-state index is -0.286. The second kappa shape index (κ2) is 8.61. The van der Waals surface area contributed by atoms with Crippen molar-refractivity contribution >= 4 is 34.3 Å². The normalized spacial score (nSPS) is 19.3. The van der Waals surface area contributed by atoms with Crippen LogP contribution in [-0.2, 0) is 11.3 Å². The number of halogens is 1. The summed E-state index contributed by atoms with van der Waals surface area (Å²) >= 11 is 3.03. The van der Waals surface area contributed by atoms with Gasteiger partial charge in [0.1, 0.15) is 16.5 Å². The number of thiazole rings is 1. The van der Waals surface area contributed by atoms with E-state index in [1.807, 2.05) is 41.6 Å². The SMILES string of the molecule is CC1CN(c2ccc(CNC(=O)c3csc(-c4ccsc4)n3)cc2F)CC(C)O1. The molecule has 3 heterocycles. The molecule has 1 N–H and O–H groups in total. The van der Waals surface area contributed by atoms with Crippen molar-refractivity contribution in [1.29, 1.82) is 0 Å². The molecule has 0 aliphatic carbocycles. The van der Waals surface area contributed by atoms with Crippen LogP contribution in [0.25, 0.3) is 10.6 Å². The lowest BCUT2D eigenvalue weighted by atomic mass is 10.1. The minimum absolute atomic E-state index is 0.0641. The van der Waals surface area contributed by atoms with Gasteiger partial charge in [0.25, 0.3) is 5.91 Å². The van der Waals surface area contributed by atoms with Crippen LogP contribution in [0.15, 0.2) is 40.4 Å². The molecule has 5 nitrogen and oxygen atoms in total. The predicted octanol–water partition coefficient (Wildman–Crippen LogP) is 4.55. The molecule has 8 heteroatoms. The zero-order chi connectivity index (χ0) is 20.4. The van der Waals surface area contributed by atoms with Crippen LogP contribution in [0, 0.1) is 5.82 Å². The Bertz CT molecular complexity index is 980. The summed E-state index contributed by atoms with van der Waals surface area (Å²) in [4.78, 5) is 18.8. The average Bonchev–Trinajstić information content (AvgIpc) is 3.36. The minimum Gasteiger partial charge on any atom is -0.372 e. The third-order valence-corrected chi connectivity index (χ3v) is 6.31. The van der Waals surface area contributed by atoms with Crippen LogP contribution < -0.4 is 10.2 Å². The molecule has 1 aromatic carbocycles. The molecule has 1 aliphatic rings. The van der Waals surface area contributed by atoms with Crippen molar-refractivity contribution in [2.45, 2.75) is 32.6 Å². The van der Waals surface area contributed by atoms with Gasteiger partial charge in [0.05, 0.1) is 17.9 Å². The lowest BCUT2D eigenvalue weighted by Gasteiger charge is -2.37. The van der Waals surface area contributed by atoms with Crippen LogP contribution in [0.2, 0.25) is 0 Å². The van der Waals surface area contributed by atoms with Crippen LogP contribution in [-0.4, -0.2) is 36.2 Å². The Hall–Kier alpha value is -2.29. The van der Waals surface area contributed by atoms with Crippen molar-refractivity contribution in [2.75, 3.05) is 18.0 Å². The number of hydrogen-bond donors (Lipinski definition) is 1. The van der Waals surface area contributed by atoms with Crippen molar-refractivity contribution < 1.29 is 13.9 Å². The summed E-state index contributed by atoms with van der Waals surface area (Å²) in [6.45, 7) is 5.55. The number of benzene rings is 1. The van der Waals surface area contributed by atoms with E-state index in [0.29, 0.717) is 30.0 Å². The van der Waals surface area contributed by atoms with E-state index in [4.69, 9.17) is 4.74 Å². The highest BCUT2D eigenvalue weighted by Gasteiger charge is 2.24. The third-order valence-electron chi connectivity index (χ3n) is 4.73. The molecule has 0 radical (unpaired) electrons. The number of carbonyl (C=O) groups excluding carboxylic acids is 1. The zero-order valence-electron chi connectivity index (χ0n) is 16.2. The maximum atomic E-state index is 14.7. The molecule has 1 aliphatic heterocycles. The summed E-state index contributed by atoms with van der Waals surface area (Å²) in [7, 11) is 0. The van der Waals surface area contributed by atoms with E-state index in [0.717, 1.165) is 10.6 Å². The van der Waals surface area contributed by atoms with Gasteiger partial charge in [-0.25, -0.2) is 9.37 Å². The van der Waals surface area contributed by atoms with Gasteiger partial charge in [-0.15, -0.1) is 11.3 Å². The van der Waals surface area contributed by atoms with E-state index in [1.165, 1.54) is 17.4 Å². The Morgan fingerprint density at radius 3 is 2.76 bits per heavy atom. The van der Waals surface area contributed by atoms with E-state index in [1.54, 1.807) is 22.8 Å². The van der Waals surface area contributed by atoms with Gasteiger partial charge in [0.2, 0.25) is 0 Å². The van der Waals surface area contributed by atoms with E-state index < -0.39 is 0 Å². The van der Waals surface area contributed by atoms with Crippen LogP contribution in [0.1, 0.15) is 29.9 Å². The Morgan fingerprint density at radius 2 is 2.07 bits per heavy atom. The summed E-state index contributed by atoms with van der Waals surface area (Å²) in [5.41, 5.74) is 2.68. The number of ether oxygens (including phenoxy) is 1. The summed E-state index contributed by atoms with van der Waals surface area (Å²) < 4.78 is 20.4. The fourth-order valence-corrected chi connectivity index (χ4v) is 4.97. The van der Waals surface area contributed by atoms with E-state index in [2.05, 4.69) is 10.3 Å². The summed E-state index contributed by atoms with van der Waals surface area (Å²) in [6, 6.07) is 7.09. The molecule has 1 fully saturated rings. The highest BCUT2D eigenvalue weighted by atomic mass is 32.1. The number of amides is 1. The fourth-order valence-electron chi connectivity index (χ4n) is 3.46. The average molecular weight is 432 g/mol. The van der Waals surface area contributed by atoms with E-state index in [9.17, 15) is 9.18 Å². The van der Waals surface area contributed by atoms with Gasteiger partial charge in [-0.2, -0.15) is 11.3 Å². The van der Waals surface area contributed by atoms with Crippen molar-refractivity contribution in [3.8, 4) is 10.6 Å². The number of hydrogen-bond acceptors (Lipinski definition) is 6. The molecule has 1 amide bonds. The maximum absolute atomic E-state index is 14.7. The first-order valence-electron chi connectivity index (χ1n) is 9.44. The summed E-state index contributed by atoms with van der Waals surface area (Å²) in [5.74, 6) is -0.547. The molecule has 4 rings (SSSR count). The first-order chi connectivity index (χ1) is 14.0. The number of nitrogens with one attached hydrogen (secondary N) is 1. The summed E-state index contributed by atoms with van der Waals surface area (Å²) in [6.07, 6.45) is 0.128. The van der Waals surface area contributed by atoms with Gasteiger partial charge in [-0.3, -0.25) is 4.79 Å². The Morgan fingerprint density at radius 1 is 1.28 bits per heavy atom. The monoisotopic (exact) mass is 431 g/mol. The lowest BCUT2D eigenvalue weighted by Crippen LogP contribution is -2.45.